The Hall–Kier alpha value is -1.08. The molecule has 1 aliphatic rings. The van der Waals surface area contributed by atoms with E-state index in [1.165, 1.54) is 21.5 Å². The molecule has 1 aromatic carbocycles. The topological polar surface area (TPSA) is 0 Å². The number of hydrogen-bond donors (Lipinski definition) is 0. The predicted molar refractivity (Wildman–Crippen MR) is 63.1 cm³/mol. The van der Waals surface area contributed by atoms with Crippen LogP contribution in [-0.2, 0) is 0 Å². The number of aryl methyl sites for hydroxylation is 1. The first-order valence-corrected chi connectivity index (χ1v) is 5.97. The molecule has 2 radical (unpaired) electrons. The molecule has 0 saturated carbocycles. The maximum absolute atomic E-state index is 2.32. The van der Waals surface area contributed by atoms with Gasteiger partial charge < -0.3 is 0 Å². The molecule has 1 heteroatoms. The van der Waals surface area contributed by atoms with Crippen LogP contribution in [0.15, 0.2) is 41.6 Å². The van der Waals surface area contributed by atoms with Gasteiger partial charge in [0, 0.05) is 0 Å². The lowest BCUT2D eigenvalue weighted by molar-refractivity contribution is 1.37. The van der Waals surface area contributed by atoms with E-state index in [-0.39, 0.29) is 0 Å². The van der Waals surface area contributed by atoms with E-state index in [1.54, 1.807) is 0 Å². The number of hydrogen-bond acceptors (Lipinski definition) is 0. The van der Waals surface area contributed by atoms with Gasteiger partial charge in [0.1, 0.15) is 9.52 Å². The normalized spacial score (nSPS) is 14.6. The smallest absolute Gasteiger partial charge is 0.0816 e. The van der Waals surface area contributed by atoms with Crippen LogP contribution in [0.4, 0.5) is 0 Å². The van der Waals surface area contributed by atoms with Crippen molar-refractivity contribution in [3.8, 4) is 0 Å². The molecule has 1 aromatic rings. The summed E-state index contributed by atoms with van der Waals surface area (Å²) in [6, 6.07) is 6.58. The van der Waals surface area contributed by atoms with E-state index in [1.807, 2.05) is 0 Å². The minimum absolute atomic E-state index is 0.828. The molecule has 0 spiro atoms. The minimum Gasteiger partial charge on any atom is -0.0816 e. The van der Waals surface area contributed by atoms with E-state index in [0.29, 0.717) is 0 Å². The zero-order valence-electron chi connectivity index (χ0n) is 8.67. The van der Waals surface area contributed by atoms with Crippen molar-refractivity contribution >= 4 is 14.7 Å². The van der Waals surface area contributed by atoms with Crippen molar-refractivity contribution in [2.45, 2.75) is 20.3 Å². The maximum Gasteiger partial charge on any atom is 0.121 e. The molecule has 14 heavy (non-hydrogen) atoms. The van der Waals surface area contributed by atoms with E-state index >= 15 is 0 Å². The molecular formula is C13H14Si. The molecule has 0 aliphatic heterocycles. The molecule has 1 aliphatic carbocycles. The fourth-order valence-corrected chi connectivity index (χ4v) is 2.89. The lowest BCUT2D eigenvalue weighted by Crippen LogP contribution is -2.19. The van der Waals surface area contributed by atoms with E-state index < -0.39 is 0 Å². The third-order valence-corrected chi connectivity index (χ3v) is 4.13. The average Bonchev–Trinajstić information content (AvgIpc) is 2.66. The van der Waals surface area contributed by atoms with Gasteiger partial charge >= 0.3 is 0 Å². The summed E-state index contributed by atoms with van der Waals surface area (Å²) >= 11 is 0. The van der Waals surface area contributed by atoms with Crippen molar-refractivity contribution in [2.75, 3.05) is 0 Å². The van der Waals surface area contributed by atoms with Gasteiger partial charge in [0.05, 0.1) is 0 Å². The summed E-state index contributed by atoms with van der Waals surface area (Å²) in [4.78, 5) is 0. The Morgan fingerprint density at radius 1 is 1.21 bits per heavy atom. The monoisotopic (exact) mass is 198 g/mol. The molecule has 0 aromatic heterocycles. The van der Waals surface area contributed by atoms with Crippen molar-refractivity contribution in [3.63, 3.8) is 0 Å². The van der Waals surface area contributed by atoms with Crippen LogP contribution >= 0.6 is 0 Å². The van der Waals surface area contributed by atoms with Crippen molar-refractivity contribution in [3.05, 3.63) is 52.8 Å². The van der Waals surface area contributed by atoms with Gasteiger partial charge in [0.25, 0.3) is 0 Å². The molecule has 0 bridgehead atoms. The first-order valence-electron chi connectivity index (χ1n) is 4.97. The highest BCUT2D eigenvalue weighted by Gasteiger charge is 2.05. The highest BCUT2D eigenvalue weighted by Crippen LogP contribution is 2.09. The molecular weight excluding hydrogens is 184 g/mol. The van der Waals surface area contributed by atoms with Crippen LogP contribution in [0.2, 0.25) is 0 Å². The summed E-state index contributed by atoms with van der Waals surface area (Å²) < 4.78 is 0. The van der Waals surface area contributed by atoms with Crippen molar-refractivity contribution in [1.29, 1.82) is 0 Å². The zero-order chi connectivity index (χ0) is 9.97. The molecule has 2 rings (SSSR count). The largest absolute Gasteiger partial charge is 0.121 e. The van der Waals surface area contributed by atoms with Crippen molar-refractivity contribution in [2.24, 2.45) is 0 Å². The number of benzene rings is 1. The molecule has 0 saturated heterocycles. The molecule has 0 unspecified atom stereocenters. The lowest BCUT2D eigenvalue weighted by atomic mass is 10.1. The molecule has 0 fully saturated rings. The quantitative estimate of drug-likeness (QED) is 0.640. The fraction of sp³-hybridized carbons (Fsp3) is 0.231. The van der Waals surface area contributed by atoms with E-state index in [0.717, 1.165) is 15.9 Å². The molecule has 70 valence electrons. The summed E-state index contributed by atoms with van der Waals surface area (Å²) in [7, 11) is 0.828. The Balaban J connectivity index is 2.24. The Morgan fingerprint density at radius 2 is 2.07 bits per heavy atom. The first-order chi connectivity index (χ1) is 6.77. The summed E-state index contributed by atoms with van der Waals surface area (Å²) in [6.45, 7) is 4.40. The summed E-state index contributed by atoms with van der Waals surface area (Å²) in [6.07, 6.45) is 7.92. The van der Waals surface area contributed by atoms with Gasteiger partial charge in [0.15, 0.2) is 0 Å². The minimum atomic E-state index is 0.828. The SMILES string of the molecule is Cc1cccc([Si]C2=CCC=C2)c1C. The second-order valence-electron chi connectivity index (χ2n) is 3.67. The Kier molecular flexibility index (Phi) is 2.68. The first kappa shape index (κ1) is 9.47. The van der Waals surface area contributed by atoms with E-state index in [4.69, 9.17) is 0 Å². The third kappa shape index (κ3) is 1.88. The standard InChI is InChI=1S/C13H14Si/c1-10-6-5-9-13(11(10)2)14-12-7-3-4-8-12/h3,5-9H,4H2,1-2H3. The van der Waals surface area contributed by atoms with Crippen molar-refractivity contribution < 1.29 is 0 Å². The third-order valence-electron chi connectivity index (χ3n) is 2.65. The van der Waals surface area contributed by atoms with Crippen LogP contribution in [0.5, 0.6) is 0 Å². The summed E-state index contributed by atoms with van der Waals surface area (Å²) in [5.74, 6) is 0. The summed E-state index contributed by atoms with van der Waals surface area (Å²) in [5, 5.41) is 2.97. The molecule has 0 amide bonds. The molecule has 0 heterocycles. The van der Waals surface area contributed by atoms with Gasteiger partial charge in [-0.15, -0.1) is 0 Å². The second kappa shape index (κ2) is 3.97. The highest BCUT2D eigenvalue weighted by molar-refractivity contribution is 6.62. The molecule has 0 atom stereocenters. The van der Waals surface area contributed by atoms with Crippen LogP contribution in [0.3, 0.4) is 0 Å². The highest BCUT2D eigenvalue weighted by atomic mass is 28.2. The Bertz CT molecular complexity index is 400. The number of allylic oxidation sites excluding steroid dienone is 4. The van der Waals surface area contributed by atoms with Gasteiger partial charge in [-0.05, 0) is 31.4 Å². The second-order valence-corrected chi connectivity index (χ2v) is 5.04. The van der Waals surface area contributed by atoms with Gasteiger partial charge in [-0.3, -0.25) is 0 Å². The van der Waals surface area contributed by atoms with Crippen LogP contribution < -0.4 is 5.19 Å². The average molecular weight is 198 g/mol. The Labute approximate surface area is 88.2 Å². The van der Waals surface area contributed by atoms with Gasteiger partial charge in [-0.2, -0.15) is 0 Å². The fourth-order valence-electron chi connectivity index (χ4n) is 1.59. The Morgan fingerprint density at radius 3 is 2.79 bits per heavy atom. The van der Waals surface area contributed by atoms with Gasteiger partial charge in [0.2, 0.25) is 0 Å². The zero-order valence-corrected chi connectivity index (χ0v) is 9.67. The predicted octanol–water partition coefficient (Wildman–Crippen LogP) is 2.48. The molecule has 0 N–H and O–H groups in total. The van der Waals surface area contributed by atoms with Gasteiger partial charge in [-0.1, -0.05) is 46.8 Å². The van der Waals surface area contributed by atoms with Crippen LogP contribution in [0.1, 0.15) is 17.5 Å². The molecule has 0 nitrogen and oxygen atoms in total. The van der Waals surface area contributed by atoms with Crippen LogP contribution in [0, 0.1) is 13.8 Å². The van der Waals surface area contributed by atoms with E-state index in [2.05, 4.69) is 50.3 Å². The van der Waals surface area contributed by atoms with Crippen molar-refractivity contribution in [1.82, 2.24) is 0 Å². The lowest BCUT2D eigenvalue weighted by Gasteiger charge is -2.07. The van der Waals surface area contributed by atoms with Gasteiger partial charge in [-0.25, -0.2) is 0 Å². The maximum atomic E-state index is 2.32. The summed E-state index contributed by atoms with van der Waals surface area (Å²) in [5.41, 5.74) is 2.85. The van der Waals surface area contributed by atoms with E-state index in [9.17, 15) is 0 Å². The van der Waals surface area contributed by atoms with Crippen LogP contribution in [0.25, 0.3) is 0 Å². The number of rotatable bonds is 2. The van der Waals surface area contributed by atoms with Crippen LogP contribution in [-0.4, -0.2) is 9.52 Å².